The predicted molar refractivity (Wildman–Crippen MR) is 104 cm³/mol. The molecule has 128 valence electrons. The molecule has 0 unspecified atom stereocenters. The summed E-state index contributed by atoms with van der Waals surface area (Å²) in [6.07, 6.45) is 0. The highest BCUT2D eigenvalue weighted by molar-refractivity contribution is 6.30. The Kier molecular flexibility index (Phi) is 5.46. The molecule has 4 heteroatoms. The van der Waals surface area contributed by atoms with Gasteiger partial charge in [0, 0.05) is 28.9 Å². The molecule has 0 amide bonds. The highest BCUT2D eigenvalue weighted by Crippen LogP contribution is 2.32. The van der Waals surface area contributed by atoms with E-state index < -0.39 is 0 Å². The standard InChI is InChI=1S/C21H20ClNO2/c1-24-19-8-4-7-18(13-19)23-14-15-9-10-21(25-2)20(11-15)16-5-3-6-17(22)12-16/h3-13,23H,14H2,1-2H3. The van der Waals surface area contributed by atoms with E-state index in [1.165, 1.54) is 0 Å². The van der Waals surface area contributed by atoms with Gasteiger partial charge in [0.25, 0.3) is 0 Å². The second kappa shape index (κ2) is 7.95. The Hall–Kier alpha value is -2.65. The lowest BCUT2D eigenvalue weighted by Crippen LogP contribution is -2.00. The Balaban J connectivity index is 1.84. The molecule has 0 heterocycles. The molecule has 0 aromatic heterocycles. The lowest BCUT2D eigenvalue weighted by atomic mass is 10.0. The third-order valence-corrected chi connectivity index (χ3v) is 4.20. The molecule has 0 saturated heterocycles. The number of benzene rings is 3. The normalized spacial score (nSPS) is 10.4. The summed E-state index contributed by atoms with van der Waals surface area (Å²) in [6, 6.07) is 21.8. The summed E-state index contributed by atoms with van der Waals surface area (Å²) in [5, 5.41) is 4.12. The van der Waals surface area contributed by atoms with Crippen LogP contribution in [0.5, 0.6) is 11.5 Å². The fourth-order valence-corrected chi connectivity index (χ4v) is 2.87. The van der Waals surface area contributed by atoms with Crippen LogP contribution in [-0.2, 0) is 6.54 Å². The molecule has 0 aliphatic rings. The van der Waals surface area contributed by atoms with Crippen LogP contribution in [0.25, 0.3) is 11.1 Å². The number of hydrogen-bond acceptors (Lipinski definition) is 3. The van der Waals surface area contributed by atoms with Crippen molar-refractivity contribution in [2.24, 2.45) is 0 Å². The Morgan fingerprint density at radius 2 is 1.72 bits per heavy atom. The van der Waals surface area contributed by atoms with Crippen molar-refractivity contribution in [3.63, 3.8) is 0 Å². The van der Waals surface area contributed by atoms with Gasteiger partial charge in [-0.05, 0) is 47.5 Å². The topological polar surface area (TPSA) is 30.5 Å². The summed E-state index contributed by atoms with van der Waals surface area (Å²) in [6.45, 7) is 0.699. The summed E-state index contributed by atoms with van der Waals surface area (Å²) in [7, 11) is 3.34. The van der Waals surface area contributed by atoms with Gasteiger partial charge in [-0.3, -0.25) is 0 Å². The highest BCUT2D eigenvalue weighted by atomic mass is 35.5. The number of nitrogens with one attached hydrogen (secondary N) is 1. The van der Waals surface area contributed by atoms with Crippen LogP contribution in [0.3, 0.4) is 0 Å². The van der Waals surface area contributed by atoms with E-state index in [1.54, 1.807) is 14.2 Å². The molecule has 0 atom stereocenters. The summed E-state index contributed by atoms with van der Waals surface area (Å²) < 4.78 is 10.8. The van der Waals surface area contributed by atoms with E-state index in [4.69, 9.17) is 21.1 Å². The van der Waals surface area contributed by atoms with Gasteiger partial charge in [0.1, 0.15) is 11.5 Å². The number of halogens is 1. The van der Waals surface area contributed by atoms with E-state index in [1.807, 2.05) is 54.6 Å². The largest absolute Gasteiger partial charge is 0.497 e. The molecule has 0 aliphatic heterocycles. The molecule has 1 N–H and O–H groups in total. The molecule has 0 aliphatic carbocycles. The van der Waals surface area contributed by atoms with Gasteiger partial charge < -0.3 is 14.8 Å². The van der Waals surface area contributed by atoms with Crippen LogP contribution >= 0.6 is 11.6 Å². The van der Waals surface area contributed by atoms with Crippen molar-refractivity contribution in [3.8, 4) is 22.6 Å². The molecule has 0 bridgehead atoms. The molecule has 0 radical (unpaired) electrons. The lowest BCUT2D eigenvalue weighted by molar-refractivity contribution is 0.415. The molecule has 3 aromatic rings. The van der Waals surface area contributed by atoms with Crippen LogP contribution in [0.1, 0.15) is 5.56 Å². The zero-order chi connectivity index (χ0) is 17.6. The number of rotatable bonds is 6. The molecular weight excluding hydrogens is 334 g/mol. The summed E-state index contributed by atoms with van der Waals surface area (Å²) in [4.78, 5) is 0. The second-order valence-electron chi connectivity index (χ2n) is 5.63. The molecule has 0 saturated carbocycles. The molecule has 25 heavy (non-hydrogen) atoms. The number of methoxy groups -OCH3 is 2. The fraction of sp³-hybridized carbons (Fsp3) is 0.143. The van der Waals surface area contributed by atoms with E-state index >= 15 is 0 Å². The molecule has 3 rings (SSSR count). The number of anilines is 1. The minimum atomic E-state index is 0.699. The van der Waals surface area contributed by atoms with E-state index in [-0.39, 0.29) is 0 Å². The van der Waals surface area contributed by atoms with Crippen LogP contribution in [0, 0.1) is 0 Å². The molecule has 3 nitrogen and oxygen atoms in total. The number of ether oxygens (including phenoxy) is 2. The van der Waals surface area contributed by atoms with Crippen LogP contribution in [0.15, 0.2) is 66.7 Å². The Labute approximate surface area is 153 Å². The first kappa shape index (κ1) is 17.2. The predicted octanol–water partition coefficient (Wildman–Crippen LogP) is 5.64. The average Bonchev–Trinajstić information content (AvgIpc) is 2.66. The van der Waals surface area contributed by atoms with Gasteiger partial charge >= 0.3 is 0 Å². The van der Waals surface area contributed by atoms with Crippen molar-refractivity contribution in [1.82, 2.24) is 0 Å². The first-order valence-electron chi connectivity index (χ1n) is 8.00. The maximum absolute atomic E-state index is 6.13. The summed E-state index contributed by atoms with van der Waals surface area (Å²) in [5.74, 6) is 1.66. The zero-order valence-electron chi connectivity index (χ0n) is 14.3. The van der Waals surface area contributed by atoms with Gasteiger partial charge in [-0.15, -0.1) is 0 Å². The SMILES string of the molecule is COc1cccc(NCc2ccc(OC)c(-c3cccc(Cl)c3)c2)c1. The van der Waals surface area contributed by atoms with Gasteiger partial charge in [0.15, 0.2) is 0 Å². The first-order valence-corrected chi connectivity index (χ1v) is 8.38. The molecular formula is C21H20ClNO2. The van der Waals surface area contributed by atoms with Gasteiger partial charge in [-0.2, -0.15) is 0 Å². The first-order chi connectivity index (χ1) is 12.2. The van der Waals surface area contributed by atoms with Gasteiger partial charge in [-0.25, -0.2) is 0 Å². The van der Waals surface area contributed by atoms with Gasteiger partial charge in [0.2, 0.25) is 0 Å². The van der Waals surface area contributed by atoms with Crippen molar-refractivity contribution < 1.29 is 9.47 Å². The van der Waals surface area contributed by atoms with Crippen LogP contribution in [0.4, 0.5) is 5.69 Å². The van der Waals surface area contributed by atoms with E-state index in [2.05, 4.69) is 17.4 Å². The lowest BCUT2D eigenvalue weighted by Gasteiger charge is -2.13. The van der Waals surface area contributed by atoms with Crippen molar-refractivity contribution in [3.05, 3.63) is 77.3 Å². The third-order valence-electron chi connectivity index (χ3n) is 3.97. The van der Waals surface area contributed by atoms with Crippen molar-refractivity contribution in [2.45, 2.75) is 6.54 Å². The Morgan fingerprint density at radius 1 is 0.880 bits per heavy atom. The van der Waals surface area contributed by atoms with Crippen LogP contribution in [-0.4, -0.2) is 14.2 Å². The molecule has 3 aromatic carbocycles. The maximum atomic E-state index is 6.13. The monoisotopic (exact) mass is 353 g/mol. The second-order valence-corrected chi connectivity index (χ2v) is 6.07. The summed E-state index contributed by atoms with van der Waals surface area (Å²) in [5.41, 5.74) is 4.22. The smallest absolute Gasteiger partial charge is 0.126 e. The average molecular weight is 354 g/mol. The van der Waals surface area contributed by atoms with Gasteiger partial charge in [0.05, 0.1) is 14.2 Å². The quantitative estimate of drug-likeness (QED) is 0.622. The Morgan fingerprint density at radius 3 is 2.48 bits per heavy atom. The van der Waals surface area contributed by atoms with Gasteiger partial charge in [-0.1, -0.05) is 35.9 Å². The van der Waals surface area contributed by atoms with E-state index in [0.717, 1.165) is 33.9 Å². The Bertz CT molecular complexity index is 864. The minimum absolute atomic E-state index is 0.699. The number of hydrogen-bond donors (Lipinski definition) is 1. The molecule has 0 fully saturated rings. The fourth-order valence-electron chi connectivity index (χ4n) is 2.68. The maximum Gasteiger partial charge on any atom is 0.126 e. The van der Waals surface area contributed by atoms with Crippen molar-refractivity contribution in [2.75, 3.05) is 19.5 Å². The van der Waals surface area contributed by atoms with E-state index in [9.17, 15) is 0 Å². The minimum Gasteiger partial charge on any atom is -0.497 e. The highest BCUT2D eigenvalue weighted by Gasteiger charge is 2.08. The van der Waals surface area contributed by atoms with E-state index in [0.29, 0.717) is 11.6 Å². The van der Waals surface area contributed by atoms with Crippen LogP contribution in [0.2, 0.25) is 5.02 Å². The molecule has 0 spiro atoms. The van der Waals surface area contributed by atoms with Crippen molar-refractivity contribution in [1.29, 1.82) is 0 Å². The third kappa shape index (κ3) is 4.25. The van der Waals surface area contributed by atoms with Crippen molar-refractivity contribution >= 4 is 17.3 Å². The zero-order valence-corrected chi connectivity index (χ0v) is 15.0. The summed E-state index contributed by atoms with van der Waals surface area (Å²) >= 11 is 6.13. The van der Waals surface area contributed by atoms with Crippen LogP contribution < -0.4 is 14.8 Å².